The highest BCUT2D eigenvalue weighted by molar-refractivity contribution is 6.07. The highest BCUT2D eigenvalue weighted by Gasteiger charge is 2.09. The average molecular weight is 211 g/mol. The number of nitro benzene ring substituents is 1. The van der Waals surface area contributed by atoms with Crippen molar-refractivity contribution in [3.05, 3.63) is 52.6 Å². The largest absolute Gasteiger partial charge is 0.354 e. The van der Waals surface area contributed by atoms with Crippen LogP contribution in [0.15, 0.2) is 36.4 Å². The Bertz CT molecular complexity index is 700. The van der Waals surface area contributed by atoms with E-state index in [1.54, 1.807) is 6.07 Å². The molecule has 0 bridgehead atoms. The molecule has 0 unspecified atom stereocenters. The van der Waals surface area contributed by atoms with E-state index < -0.39 is 4.92 Å². The van der Waals surface area contributed by atoms with Crippen molar-refractivity contribution in [1.82, 2.24) is 4.98 Å². The molecule has 3 rings (SSSR count). The molecular weight excluding hydrogens is 204 g/mol. The van der Waals surface area contributed by atoms with Crippen molar-refractivity contribution in [1.29, 1.82) is 0 Å². The molecule has 0 spiro atoms. The SMILES string of the molecule is O=[N+]([O-])c1c[c]c2[nH]c3ccccc3c2c1. The molecule has 1 aromatic heterocycles. The number of hydrogen-bond donors (Lipinski definition) is 1. The Kier molecular flexibility index (Phi) is 1.71. The number of H-pyrrole nitrogens is 1. The van der Waals surface area contributed by atoms with Crippen LogP contribution in [0, 0.1) is 16.2 Å². The molecule has 0 saturated heterocycles. The molecule has 1 heterocycles. The summed E-state index contributed by atoms with van der Waals surface area (Å²) in [5.74, 6) is 0. The molecular formula is C12H7N2O2. The molecule has 3 aromatic rings. The number of rotatable bonds is 1. The topological polar surface area (TPSA) is 58.9 Å². The second-order valence-electron chi connectivity index (χ2n) is 3.57. The molecule has 1 radical (unpaired) electrons. The minimum atomic E-state index is -0.405. The Morgan fingerprint density at radius 2 is 2.06 bits per heavy atom. The van der Waals surface area contributed by atoms with Gasteiger partial charge in [-0.2, -0.15) is 0 Å². The molecule has 0 amide bonds. The number of fused-ring (bicyclic) bond motifs is 3. The van der Waals surface area contributed by atoms with Gasteiger partial charge in [0.1, 0.15) is 0 Å². The van der Waals surface area contributed by atoms with Gasteiger partial charge in [-0.05, 0) is 6.07 Å². The van der Waals surface area contributed by atoms with E-state index in [9.17, 15) is 10.1 Å². The number of non-ortho nitro benzene ring substituents is 1. The van der Waals surface area contributed by atoms with Crippen LogP contribution in [0.1, 0.15) is 0 Å². The van der Waals surface area contributed by atoms with Crippen LogP contribution < -0.4 is 0 Å². The van der Waals surface area contributed by atoms with Gasteiger partial charge in [-0.15, -0.1) is 0 Å². The molecule has 77 valence electrons. The van der Waals surface area contributed by atoms with Gasteiger partial charge in [0, 0.05) is 34.5 Å². The summed E-state index contributed by atoms with van der Waals surface area (Å²) in [6.45, 7) is 0. The number of benzene rings is 2. The van der Waals surface area contributed by atoms with Crippen LogP contribution in [0.5, 0.6) is 0 Å². The maximum Gasteiger partial charge on any atom is 0.270 e. The summed E-state index contributed by atoms with van der Waals surface area (Å²) in [5.41, 5.74) is 1.83. The normalized spacial score (nSPS) is 11.0. The van der Waals surface area contributed by atoms with E-state index >= 15 is 0 Å². The lowest BCUT2D eigenvalue weighted by atomic mass is 10.1. The molecule has 0 aliphatic heterocycles. The maximum absolute atomic E-state index is 10.7. The quantitative estimate of drug-likeness (QED) is 0.496. The van der Waals surface area contributed by atoms with Crippen molar-refractivity contribution in [2.75, 3.05) is 0 Å². The van der Waals surface area contributed by atoms with Gasteiger partial charge in [-0.3, -0.25) is 10.1 Å². The van der Waals surface area contributed by atoms with Gasteiger partial charge < -0.3 is 4.98 Å². The van der Waals surface area contributed by atoms with Crippen LogP contribution in [0.25, 0.3) is 21.8 Å². The first-order valence-corrected chi connectivity index (χ1v) is 4.82. The second-order valence-corrected chi connectivity index (χ2v) is 3.57. The molecule has 0 aliphatic carbocycles. The van der Waals surface area contributed by atoms with Crippen LogP contribution >= 0.6 is 0 Å². The molecule has 4 heteroatoms. The molecule has 0 aliphatic rings. The predicted octanol–water partition coefficient (Wildman–Crippen LogP) is 3.03. The standard InChI is InChI=1S/C12H7N2O2/c15-14(16)8-5-6-12-10(7-8)9-3-1-2-4-11(9)13-12/h1-5,7,13H. The van der Waals surface area contributed by atoms with Crippen LogP contribution in [0.3, 0.4) is 0 Å². The predicted molar refractivity (Wildman–Crippen MR) is 61.3 cm³/mol. The van der Waals surface area contributed by atoms with Crippen LogP contribution in [0.4, 0.5) is 5.69 Å². The average Bonchev–Trinajstić information content (AvgIpc) is 2.66. The van der Waals surface area contributed by atoms with Crippen molar-refractivity contribution in [3.63, 3.8) is 0 Å². The van der Waals surface area contributed by atoms with E-state index in [0.29, 0.717) is 0 Å². The number of aromatic nitrogens is 1. The van der Waals surface area contributed by atoms with Gasteiger partial charge in [0.15, 0.2) is 0 Å². The Balaban J connectivity index is 2.44. The Morgan fingerprint density at radius 1 is 1.25 bits per heavy atom. The van der Waals surface area contributed by atoms with E-state index in [2.05, 4.69) is 11.1 Å². The summed E-state index contributed by atoms with van der Waals surface area (Å²) in [4.78, 5) is 13.4. The molecule has 4 nitrogen and oxygen atoms in total. The fourth-order valence-electron chi connectivity index (χ4n) is 1.87. The van der Waals surface area contributed by atoms with Crippen LogP contribution in [0.2, 0.25) is 0 Å². The fourth-order valence-corrected chi connectivity index (χ4v) is 1.87. The number of para-hydroxylation sites is 1. The number of nitrogens with zero attached hydrogens (tertiary/aromatic N) is 1. The zero-order valence-corrected chi connectivity index (χ0v) is 8.23. The zero-order chi connectivity index (χ0) is 11.1. The Hall–Kier alpha value is -2.36. The molecule has 16 heavy (non-hydrogen) atoms. The lowest BCUT2D eigenvalue weighted by Gasteiger charge is -1.91. The van der Waals surface area contributed by atoms with E-state index in [4.69, 9.17) is 0 Å². The van der Waals surface area contributed by atoms with Crippen LogP contribution in [-0.2, 0) is 0 Å². The lowest BCUT2D eigenvalue weighted by Crippen LogP contribution is -1.86. The number of nitro groups is 1. The van der Waals surface area contributed by atoms with E-state index in [0.717, 1.165) is 21.8 Å². The lowest BCUT2D eigenvalue weighted by molar-refractivity contribution is -0.384. The highest BCUT2D eigenvalue weighted by Crippen LogP contribution is 2.27. The minimum absolute atomic E-state index is 0.0669. The Labute approximate surface area is 90.7 Å². The summed E-state index contributed by atoms with van der Waals surface area (Å²) in [6, 6.07) is 13.6. The van der Waals surface area contributed by atoms with Gasteiger partial charge in [-0.1, -0.05) is 18.2 Å². The van der Waals surface area contributed by atoms with E-state index in [1.807, 2.05) is 24.3 Å². The molecule has 0 saturated carbocycles. The van der Waals surface area contributed by atoms with Crippen molar-refractivity contribution in [2.45, 2.75) is 0 Å². The van der Waals surface area contributed by atoms with Crippen molar-refractivity contribution in [2.24, 2.45) is 0 Å². The number of nitrogens with one attached hydrogen (secondary N) is 1. The van der Waals surface area contributed by atoms with Crippen LogP contribution in [-0.4, -0.2) is 9.91 Å². The molecule has 0 fully saturated rings. The number of aromatic amines is 1. The van der Waals surface area contributed by atoms with E-state index in [-0.39, 0.29) is 5.69 Å². The third-order valence-corrected chi connectivity index (χ3v) is 2.61. The van der Waals surface area contributed by atoms with Gasteiger partial charge in [0.05, 0.1) is 10.4 Å². The highest BCUT2D eigenvalue weighted by atomic mass is 16.6. The monoisotopic (exact) mass is 211 g/mol. The maximum atomic E-state index is 10.7. The van der Waals surface area contributed by atoms with Gasteiger partial charge >= 0.3 is 0 Å². The third kappa shape index (κ3) is 1.16. The second kappa shape index (κ2) is 3.06. The zero-order valence-electron chi connectivity index (χ0n) is 8.23. The van der Waals surface area contributed by atoms with Crippen molar-refractivity contribution >= 4 is 27.5 Å². The summed E-state index contributed by atoms with van der Waals surface area (Å²) < 4.78 is 0. The van der Waals surface area contributed by atoms with Gasteiger partial charge in [0.25, 0.3) is 5.69 Å². The first-order valence-electron chi connectivity index (χ1n) is 4.82. The molecule has 0 atom stereocenters. The van der Waals surface area contributed by atoms with E-state index in [1.165, 1.54) is 6.07 Å². The molecule has 2 aromatic carbocycles. The third-order valence-electron chi connectivity index (χ3n) is 2.61. The summed E-state index contributed by atoms with van der Waals surface area (Å²) in [6.07, 6.45) is 0. The summed E-state index contributed by atoms with van der Waals surface area (Å²) in [7, 11) is 0. The van der Waals surface area contributed by atoms with Crippen molar-refractivity contribution < 1.29 is 4.92 Å². The Morgan fingerprint density at radius 3 is 2.88 bits per heavy atom. The fraction of sp³-hybridized carbons (Fsp3) is 0. The molecule has 1 N–H and O–H groups in total. The minimum Gasteiger partial charge on any atom is -0.354 e. The van der Waals surface area contributed by atoms with Crippen molar-refractivity contribution in [3.8, 4) is 0 Å². The first kappa shape index (κ1) is 8.91. The van der Waals surface area contributed by atoms with Gasteiger partial charge in [-0.25, -0.2) is 0 Å². The summed E-state index contributed by atoms with van der Waals surface area (Å²) >= 11 is 0. The first-order chi connectivity index (χ1) is 7.75. The summed E-state index contributed by atoms with van der Waals surface area (Å²) in [5, 5.41) is 12.5. The van der Waals surface area contributed by atoms with Gasteiger partial charge in [0.2, 0.25) is 0 Å². The number of hydrogen-bond acceptors (Lipinski definition) is 2. The smallest absolute Gasteiger partial charge is 0.270 e.